The molecule has 0 saturated carbocycles. The van der Waals surface area contributed by atoms with E-state index in [1.165, 1.54) is 4.90 Å². The van der Waals surface area contributed by atoms with E-state index in [-0.39, 0.29) is 12.3 Å². The second-order valence-corrected chi connectivity index (χ2v) is 5.42. The molecule has 18 heavy (non-hydrogen) atoms. The SMILES string of the molecule is CC(C)(C)OC(=O)N1CC(=O)c2ccccc2C1. The van der Waals surface area contributed by atoms with E-state index in [1.54, 1.807) is 6.07 Å². The minimum atomic E-state index is -0.545. The molecule has 0 spiro atoms. The maximum absolute atomic E-state index is 11.9. The number of ether oxygens (including phenoxy) is 1. The minimum Gasteiger partial charge on any atom is -0.444 e. The number of benzene rings is 1. The molecule has 1 aliphatic rings. The van der Waals surface area contributed by atoms with Crippen LogP contribution in [0.25, 0.3) is 0 Å². The zero-order valence-corrected chi connectivity index (χ0v) is 10.9. The third-order valence-electron chi connectivity index (χ3n) is 2.67. The van der Waals surface area contributed by atoms with Crippen molar-refractivity contribution in [3.63, 3.8) is 0 Å². The molecule has 0 aromatic heterocycles. The van der Waals surface area contributed by atoms with E-state index in [9.17, 15) is 9.59 Å². The molecule has 1 amide bonds. The van der Waals surface area contributed by atoms with Crippen LogP contribution in [0.3, 0.4) is 0 Å². The summed E-state index contributed by atoms with van der Waals surface area (Å²) in [5.74, 6) is -0.0392. The second kappa shape index (κ2) is 4.44. The highest BCUT2D eigenvalue weighted by Crippen LogP contribution is 2.20. The molecule has 4 nitrogen and oxygen atoms in total. The van der Waals surface area contributed by atoms with Gasteiger partial charge >= 0.3 is 6.09 Å². The Bertz CT molecular complexity index is 488. The highest BCUT2D eigenvalue weighted by molar-refractivity contribution is 6.01. The fourth-order valence-corrected chi connectivity index (χ4v) is 1.91. The van der Waals surface area contributed by atoms with Gasteiger partial charge in [-0.3, -0.25) is 9.69 Å². The van der Waals surface area contributed by atoms with Crippen LogP contribution in [-0.4, -0.2) is 28.9 Å². The molecule has 1 aromatic carbocycles. The van der Waals surface area contributed by atoms with Gasteiger partial charge in [-0.05, 0) is 26.3 Å². The van der Waals surface area contributed by atoms with Crippen LogP contribution in [0.1, 0.15) is 36.7 Å². The number of rotatable bonds is 0. The Morgan fingerprint density at radius 1 is 1.22 bits per heavy atom. The largest absolute Gasteiger partial charge is 0.444 e. The predicted molar refractivity (Wildman–Crippen MR) is 67.4 cm³/mol. The van der Waals surface area contributed by atoms with Crippen molar-refractivity contribution in [1.82, 2.24) is 4.90 Å². The zero-order chi connectivity index (χ0) is 13.3. The first kappa shape index (κ1) is 12.6. The van der Waals surface area contributed by atoms with E-state index < -0.39 is 11.7 Å². The van der Waals surface area contributed by atoms with Crippen LogP contribution in [0.4, 0.5) is 4.79 Å². The second-order valence-electron chi connectivity index (χ2n) is 5.42. The van der Waals surface area contributed by atoms with Crippen LogP contribution in [0.2, 0.25) is 0 Å². The number of nitrogens with zero attached hydrogens (tertiary/aromatic N) is 1. The van der Waals surface area contributed by atoms with Crippen molar-refractivity contribution in [2.24, 2.45) is 0 Å². The van der Waals surface area contributed by atoms with E-state index in [4.69, 9.17) is 4.74 Å². The van der Waals surface area contributed by atoms with E-state index in [0.717, 1.165) is 5.56 Å². The van der Waals surface area contributed by atoms with Gasteiger partial charge in [-0.15, -0.1) is 0 Å². The van der Waals surface area contributed by atoms with E-state index in [0.29, 0.717) is 12.1 Å². The van der Waals surface area contributed by atoms with Crippen molar-refractivity contribution in [2.45, 2.75) is 32.9 Å². The van der Waals surface area contributed by atoms with Crippen molar-refractivity contribution in [3.8, 4) is 0 Å². The summed E-state index contributed by atoms with van der Waals surface area (Å²) in [6, 6.07) is 7.36. The molecule has 0 radical (unpaired) electrons. The molecule has 0 aliphatic carbocycles. The number of Topliss-reactive ketones (excluding diaryl/α,β-unsaturated/α-hetero) is 1. The average Bonchev–Trinajstić information content (AvgIpc) is 2.26. The number of hydrogen-bond donors (Lipinski definition) is 0. The fourth-order valence-electron chi connectivity index (χ4n) is 1.91. The Hall–Kier alpha value is -1.84. The molecule has 2 rings (SSSR count). The van der Waals surface area contributed by atoms with Crippen LogP contribution in [0.5, 0.6) is 0 Å². The lowest BCUT2D eigenvalue weighted by Crippen LogP contribution is -2.42. The summed E-state index contributed by atoms with van der Waals surface area (Å²) in [5, 5.41) is 0. The Morgan fingerprint density at radius 2 is 1.89 bits per heavy atom. The molecule has 0 bridgehead atoms. The molecule has 4 heteroatoms. The molecule has 0 unspecified atom stereocenters. The molecule has 1 aromatic rings. The zero-order valence-electron chi connectivity index (χ0n) is 10.9. The molecule has 0 fully saturated rings. The van der Waals surface area contributed by atoms with Gasteiger partial charge in [0.15, 0.2) is 5.78 Å². The third kappa shape index (κ3) is 2.70. The van der Waals surface area contributed by atoms with Crippen molar-refractivity contribution >= 4 is 11.9 Å². The lowest BCUT2D eigenvalue weighted by molar-refractivity contribution is 0.0220. The fraction of sp³-hybridized carbons (Fsp3) is 0.429. The van der Waals surface area contributed by atoms with Crippen molar-refractivity contribution in [3.05, 3.63) is 35.4 Å². The van der Waals surface area contributed by atoms with Gasteiger partial charge in [0.2, 0.25) is 0 Å². The molecule has 1 aliphatic heterocycles. The molecule has 1 heterocycles. The Morgan fingerprint density at radius 3 is 2.56 bits per heavy atom. The highest BCUT2D eigenvalue weighted by atomic mass is 16.6. The van der Waals surface area contributed by atoms with Crippen LogP contribution in [0, 0.1) is 0 Å². The smallest absolute Gasteiger partial charge is 0.411 e. The van der Waals surface area contributed by atoms with E-state index in [2.05, 4.69) is 0 Å². The molecular formula is C14H17NO3. The summed E-state index contributed by atoms with van der Waals surface area (Å²) < 4.78 is 5.28. The number of ketones is 1. The van der Waals surface area contributed by atoms with Gasteiger partial charge in [-0.1, -0.05) is 24.3 Å². The first-order valence-corrected chi connectivity index (χ1v) is 5.96. The van der Waals surface area contributed by atoms with E-state index in [1.807, 2.05) is 39.0 Å². The summed E-state index contributed by atoms with van der Waals surface area (Å²) in [6.07, 6.45) is -0.439. The Balaban J connectivity index is 2.16. The topological polar surface area (TPSA) is 46.6 Å². The quantitative estimate of drug-likeness (QED) is 0.708. The van der Waals surface area contributed by atoms with Crippen LogP contribution >= 0.6 is 0 Å². The van der Waals surface area contributed by atoms with Gasteiger partial charge in [-0.2, -0.15) is 0 Å². The Kier molecular flexibility index (Phi) is 3.11. The number of hydrogen-bond acceptors (Lipinski definition) is 3. The number of carbonyl (C=O) groups is 2. The summed E-state index contributed by atoms with van der Waals surface area (Å²) in [6.45, 7) is 5.95. The molecular weight excluding hydrogens is 230 g/mol. The number of carbonyl (C=O) groups excluding carboxylic acids is 2. The van der Waals surface area contributed by atoms with Crippen LogP contribution in [-0.2, 0) is 11.3 Å². The van der Waals surface area contributed by atoms with Crippen molar-refractivity contribution in [1.29, 1.82) is 0 Å². The number of amides is 1. The first-order chi connectivity index (χ1) is 8.37. The van der Waals surface area contributed by atoms with E-state index >= 15 is 0 Å². The maximum Gasteiger partial charge on any atom is 0.411 e. The van der Waals surface area contributed by atoms with Gasteiger partial charge in [-0.25, -0.2) is 4.79 Å². The van der Waals surface area contributed by atoms with Gasteiger partial charge < -0.3 is 4.74 Å². The normalized spacial score (nSPS) is 15.3. The van der Waals surface area contributed by atoms with Crippen molar-refractivity contribution in [2.75, 3.05) is 6.54 Å². The lowest BCUT2D eigenvalue weighted by Gasteiger charge is -2.30. The average molecular weight is 247 g/mol. The van der Waals surface area contributed by atoms with Gasteiger partial charge in [0.1, 0.15) is 5.60 Å². The monoisotopic (exact) mass is 247 g/mol. The summed E-state index contributed by atoms with van der Waals surface area (Å²) >= 11 is 0. The van der Waals surface area contributed by atoms with Crippen molar-refractivity contribution < 1.29 is 14.3 Å². The molecule has 0 atom stereocenters. The summed E-state index contributed by atoms with van der Waals surface area (Å²) in [4.78, 5) is 25.3. The van der Waals surface area contributed by atoms with Gasteiger partial charge in [0.05, 0.1) is 13.1 Å². The minimum absolute atomic E-state index is 0.0392. The lowest BCUT2D eigenvalue weighted by atomic mass is 9.99. The summed E-state index contributed by atoms with van der Waals surface area (Å²) in [7, 11) is 0. The standard InChI is InChI=1S/C14H17NO3/c1-14(2,3)18-13(17)15-8-10-6-4-5-7-11(10)12(16)9-15/h4-7H,8-9H2,1-3H3. The molecule has 96 valence electrons. The predicted octanol–water partition coefficient (Wildman–Crippen LogP) is 2.62. The maximum atomic E-state index is 11.9. The third-order valence-corrected chi connectivity index (χ3v) is 2.67. The molecule has 0 N–H and O–H groups in total. The van der Waals surface area contributed by atoms with Gasteiger partial charge in [0, 0.05) is 5.56 Å². The first-order valence-electron chi connectivity index (χ1n) is 5.96. The highest BCUT2D eigenvalue weighted by Gasteiger charge is 2.29. The molecule has 0 saturated heterocycles. The Labute approximate surface area is 107 Å². The van der Waals surface area contributed by atoms with Gasteiger partial charge in [0.25, 0.3) is 0 Å². The number of fused-ring (bicyclic) bond motifs is 1. The van der Waals surface area contributed by atoms with Crippen LogP contribution < -0.4 is 0 Å². The van der Waals surface area contributed by atoms with Crippen LogP contribution in [0.15, 0.2) is 24.3 Å². The summed E-state index contributed by atoms with van der Waals surface area (Å²) in [5.41, 5.74) is 1.04.